The molecule has 0 unspecified atom stereocenters. The zero-order chi connectivity index (χ0) is 13.2. The quantitative estimate of drug-likeness (QED) is 0.723. The molecule has 0 aromatic carbocycles. The first-order valence-corrected chi connectivity index (χ1v) is 7.59. The fraction of sp³-hybridized carbons (Fsp3) is 0.250. The second-order valence-electron chi connectivity index (χ2n) is 3.88. The molecule has 98 valence electrons. The minimum absolute atomic E-state index is 0.644. The minimum atomic E-state index is 0.644. The number of hydrogen-bond acceptors (Lipinski definition) is 6. The van der Waals surface area contributed by atoms with E-state index in [4.69, 9.17) is 0 Å². The average molecular weight is 291 g/mol. The van der Waals surface area contributed by atoms with Crippen LogP contribution in [0.3, 0.4) is 0 Å². The maximum Gasteiger partial charge on any atom is 0.224 e. The van der Waals surface area contributed by atoms with Gasteiger partial charge in [-0.2, -0.15) is 0 Å². The van der Waals surface area contributed by atoms with Crippen LogP contribution in [-0.4, -0.2) is 27.0 Å². The zero-order valence-corrected chi connectivity index (χ0v) is 12.2. The molecule has 3 aromatic rings. The van der Waals surface area contributed by atoms with Gasteiger partial charge in [0.05, 0.1) is 0 Å². The van der Waals surface area contributed by atoms with Gasteiger partial charge in [0.2, 0.25) is 5.95 Å². The molecule has 0 fully saturated rings. The van der Waals surface area contributed by atoms with E-state index in [1.165, 1.54) is 16.6 Å². The molecule has 0 radical (unpaired) electrons. The van der Waals surface area contributed by atoms with Crippen molar-refractivity contribution in [2.75, 3.05) is 12.4 Å². The van der Waals surface area contributed by atoms with Gasteiger partial charge in [0.15, 0.2) is 5.16 Å². The first kappa shape index (κ1) is 12.4. The molecule has 0 saturated carbocycles. The number of hydrogen-bond donors (Lipinski definition) is 2. The number of anilines is 1. The Labute approximate surface area is 118 Å². The summed E-state index contributed by atoms with van der Waals surface area (Å²) in [5.74, 6) is 0.644. The van der Waals surface area contributed by atoms with Crippen LogP contribution < -0.4 is 5.32 Å². The molecule has 0 atom stereocenters. The largest absolute Gasteiger partial charge is 0.357 e. The molecular formula is C12H13N5S2. The lowest BCUT2D eigenvalue weighted by atomic mass is 10.3. The summed E-state index contributed by atoms with van der Waals surface area (Å²) < 4.78 is 0. The van der Waals surface area contributed by atoms with E-state index < -0.39 is 0 Å². The van der Waals surface area contributed by atoms with Crippen LogP contribution in [0.4, 0.5) is 5.95 Å². The summed E-state index contributed by atoms with van der Waals surface area (Å²) >= 11 is 3.24. The van der Waals surface area contributed by atoms with Crippen LogP contribution in [0.2, 0.25) is 0 Å². The molecule has 2 N–H and O–H groups in total. The second kappa shape index (κ2) is 5.18. The van der Waals surface area contributed by atoms with Crippen molar-refractivity contribution in [2.24, 2.45) is 0 Å². The summed E-state index contributed by atoms with van der Waals surface area (Å²) in [5.41, 5.74) is 0. The van der Waals surface area contributed by atoms with Crippen molar-refractivity contribution >= 4 is 39.3 Å². The lowest BCUT2D eigenvalue weighted by molar-refractivity contribution is 1.04. The van der Waals surface area contributed by atoms with Crippen LogP contribution in [0.15, 0.2) is 28.6 Å². The highest BCUT2D eigenvalue weighted by molar-refractivity contribution is 7.99. The number of rotatable bonds is 4. The van der Waals surface area contributed by atoms with Crippen molar-refractivity contribution < 1.29 is 0 Å². The van der Waals surface area contributed by atoms with E-state index in [1.807, 2.05) is 13.2 Å². The van der Waals surface area contributed by atoms with Crippen LogP contribution in [-0.2, 0) is 6.42 Å². The lowest BCUT2D eigenvalue weighted by Crippen LogP contribution is -1.97. The normalized spacial score (nSPS) is 11.1. The number of thiophene rings is 1. The maximum atomic E-state index is 4.53. The van der Waals surface area contributed by atoms with E-state index in [1.54, 1.807) is 17.5 Å². The smallest absolute Gasteiger partial charge is 0.224 e. The van der Waals surface area contributed by atoms with Gasteiger partial charge in [-0.15, -0.1) is 11.3 Å². The molecule has 0 saturated heterocycles. The van der Waals surface area contributed by atoms with Crippen LogP contribution >= 0.6 is 23.1 Å². The topological polar surface area (TPSA) is 66.5 Å². The van der Waals surface area contributed by atoms with Gasteiger partial charge in [-0.05, 0) is 24.2 Å². The van der Waals surface area contributed by atoms with Crippen LogP contribution in [0.1, 0.15) is 11.8 Å². The molecule has 7 heteroatoms. The van der Waals surface area contributed by atoms with Crippen molar-refractivity contribution in [1.29, 1.82) is 0 Å². The number of aryl methyl sites for hydroxylation is 1. The molecule has 0 aliphatic heterocycles. The summed E-state index contributed by atoms with van der Waals surface area (Å²) in [7, 11) is 1.83. The highest BCUT2D eigenvalue weighted by Crippen LogP contribution is 2.34. The third kappa shape index (κ3) is 2.43. The average Bonchev–Trinajstić information content (AvgIpc) is 3.06. The summed E-state index contributed by atoms with van der Waals surface area (Å²) in [4.78, 5) is 18.7. The van der Waals surface area contributed by atoms with E-state index in [9.17, 15) is 0 Å². The van der Waals surface area contributed by atoms with Crippen LogP contribution in [0, 0.1) is 0 Å². The van der Waals surface area contributed by atoms with E-state index in [0.29, 0.717) is 5.95 Å². The second-order valence-corrected chi connectivity index (χ2v) is 5.98. The molecule has 3 heterocycles. The van der Waals surface area contributed by atoms with E-state index in [0.717, 1.165) is 26.8 Å². The fourth-order valence-electron chi connectivity index (χ4n) is 1.71. The summed E-state index contributed by atoms with van der Waals surface area (Å²) in [5, 5.41) is 5.88. The Hall–Kier alpha value is -1.60. The van der Waals surface area contributed by atoms with Gasteiger partial charge in [-0.25, -0.2) is 15.0 Å². The fourth-order valence-corrected chi connectivity index (χ4v) is 3.56. The van der Waals surface area contributed by atoms with Gasteiger partial charge in [0.25, 0.3) is 0 Å². The van der Waals surface area contributed by atoms with Crippen molar-refractivity contribution in [1.82, 2.24) is 19.9 Å². The van der Waals surface area contributed by atoms with Crippen molar-refractivity contribution in [2.45, 2.75) is 23.5 Å². The van der Waals surface area contributed by atoms with Crippen molar-refractivity contribution in [3.8, 4) is 0 Å². The Morgan fingerprint density at radius 2 is 2.32 bits per heavy atom. The maximum absolute atomic E-state index is 4.53. The molecule has 3 rings (SSSR count). The molecule has 0 aliphatic rings. The highest BCUT2D eigenvalue weighted by Gasteiger charge is 2.13. The Bertz CT molecular complexity index is 690. The van der Waals surface area contributed by atoms with Gasteiger partial charge < -0.3 is 10.3 Å². The molecular weight excluding hydrogens is 278 g/mol. The molecule has 3 aromatic heterocycles. The zero-order valence-electron chi connectivity index (χ0n) is 10.6. The number of aromatic amines is 1. The predicted octanol–water partition coefficient (Wildman–Crippen LogP) is 3.17. The van der Waals surface area contributed by atoms with Gasteiger partial charge in [0, 0.05) is 29.7 Å². The number of imidazole rings is 1. The predicted molar refractivity (Wildman–Crippen MR) is 79.1 cm³/mol. The van der Waals surface area contributed by atoms with Gasteiger partial charge in [-0.1, -0.05) is 6.92 Å². The molecule has 0 spiro atoms. The number of nitrogens with one attached hydrogen (secondary N) is 2. The minimum Gasteiger partial charge on any atom is -0.357 e. The highest BCUT2D eigenvalue weighted by atomic mass is 32.2. The number of nitrogens with zero attached hydrogens (tertiary/aromatic N) is 3. The Morgan fingerprint density at radius 1 is 1.42 bits per heavy atom. The van der Waals surface area contributed by atoms with Gasteiger partial charge in [-0.3, -0.25) is 0 Å². The first-order valence-electron chi connectivity index (χ1n) is 5.95. The third-order valence-electron chi connectivity index (χ3n) is 2.65. The molecule has 0 amide bonds. The molecule has 19 heavy (non-hydrogen) atoms. The van der Waals surface area contributed by atoms with E-state index in [2.05, 4.69) is 38.2 Å². The van der Waals surface area contributed by atoms with E-state index >= 15 is 0 Å². The van der Waals surface area contributed by atoms with Crippen molar-refractivity contribution in [3.63, 3.8) is 0 Å². The Morgan fingerprint density at radius 3 is 3.00 bits per heavy atom. The Kier molecular flexibility index (Phi) is 3.39. The van der Waals surface area contributed by atoms with Crippen molar-refractivity contribution in [3.05, 3.63) is 23.3 Å². The first-order chi connectivity index (χ1) is 9.30. The third-order valence-corrected chi connectivity index (χ3v) is 4.74. The van der Waals surface area contributed by atoms with Gasteiger partial charge >= 0.3 is 0 Å². The standard InChI is InChI=1S/C12H13N5S2/c1-3-7-6-8-9(18-7)16-11(13-2)17-10(8)19-12-14-4-5-15-12/h4-6H,3H2,1-2H3,(H,14,15)(H,13,16,17). The number of aromatic nitrogens is 4. The molecule has 0 bridgehead atoms. The number of fused-ring (bicyclic) bond motifs is 1. The lowest BCUT2D eigenvalue weighted by Gasteiger charge is -2.03. The summed E-state index contributed by atoms with van der Waals surface area (Å²) in [6.45, 7) is 2.15. The summed E-state index contributed by atoms with van der Waals surface area (Å²) in [6.07, 6.45) is 4.57. The van der Waals surface area contributed by atoms with Crippen LogP contribution in [0.5, 0.6) is 0 Å². The number of H-pyrrole nitrogens is 1. The van der Waals surface area contributed by atoms with E-state index in [-0.39, 0.29) is 0 Å². The van der Waals surface area contributed by atoms with Gasteiger partial charge in [0.1, 0.15) is 9.86 Å². The monoisotopic (exact) mass is 291 g/mol. The molecule has 5 nitrogen and oxygen atoms in total. The Balaban J connectivity index is 2.11. The summed E-state index contributed by atoms with van der Waals surface area (Å²) in [6, 6.07) is 2.17. The molecule has 0 aliphatic carbocycles. The SMILES string of the molecule is CCc1cc2c(Sc3ncc[nH]3)nc(NC)nc2s1. The van der Waals surface area contributed by atoms with Crippen LogP contribution in [0.25, 0.3) is 10.2 Å².